The van der Waals surface area contributed by atoms with Gasteiger partial charge in [0.25, 0.3) is 0 Å². The summed E-state index contributed by atoms with van der Waals surface area (Å²) in [5.74, 6) is -1.55. The van der Waals surface area contributed by atoms with Crippen LogP contribution < -0.4 is 0 Å². The van der Waals surface area contributed by atoms with Gasteiger partial charge in [0.2, 0.25) is 0 Å². The van der Waals surface area contributed by atoms with Gasteiger partial charge in [-0.25, -0.2) is 4.98 Å². The Morgan fingerprint density at radius 2 is 1.97 bits per heavy atom. The summed E-state index contributed by atoms with van der Waals surface area (Å²) in [6.07, 6.45) is 3.76. The quantitative estimate of drug-likeness (QED) is 0.403. The van der Waals surface area contributed by atoms with Crippen LogP contribution >= 0.6 is 11.3 Å². The number of fused-ring (bicyclic) bond motifs is 1. The lowest BCUT2D eigenvalue weighted by Gasteiger charge is -2.35. The summed E-state index contributed by atoms with van der Waals surface area (Å²) in [5.41, 5.74) is -0.883. The Kier molecular flexibility index (Phi) is 9.49. The monoisotopic (exact) mass is 523 g/mol. The first kappa shape index (κ1) is 28.9. The van der Waals surface area contributed by atoms with Gasteiger partial charge in [0.15, 0.2) is 0 Å². The molecular weight excluding hydrogens is 482 g/mol. The van der Waals surface area contributed by atoms with Gasteiger partial charge >= 0.3 is 5.97 Å². The minimum atomic E-state index is -1.25. The summed E-state index contributed by atoms with van der Waals surface area (Å²) >= 11 is 1.35. The third-order valence-corrected chi connectivity index (χ3v) is 8.74. The largest absolute Gasteiger partial charge is 0.458 e. The standard InChI is InChI=1S/C27H41NO7S/c1-6-19-24(32)16(2)8-7-11-27(5)21(35-27)12-18(10-9-17-15-36-22(14-29)28-17)34-23(31)13-20(30)26(3,4)25(19)33/h9-10,15-16,18-21,24,29-30,32H,6-8,11-14H2,1-5H3. The molecule has 1 aromatic rings. The molecule has 0 saturated carbocycles. The van der Waals surface area contributed by atoms with Crippen LogP contribution in [0.3, 0.4) is 0 Å². The van der Waals surface area contributed by atoms with Crippen LogP contribution in [0, 0.1) is 17.3 Å². The molecule has 3 heterocycles. The van der Waals surface area contributed by atoms with Crippen molar-refractivity contribution in [3.8, 4) is 0 Å². The number of Topliss-reactive ketones (excluding diaryl/α,β-unsaturated/α-hetero) is 1. The molecule has 8 nitrogen and oxygen atoms in total. The van der Waals surface area contributed by atoms with Crippen molar-refractivity contribution in [1.29, 1.82) is 0 Å². The maximum absolute atomic E-state index is 13.4. The summed E-state index contributed by atoms with van der Waals surface area (Å²) < 4.78 is 11.7. The number of aliphatic hydroxyl groups is 3. The number of carbonyl (C=O) groups is 2. The Hall–Kier alpha value is -1.65. The van der Waals surface area contributed by atoms with E-state index in [1.807, 2.05) is 26.2 Å². The molecule has 0 radical (unpaired) electrons. The highest BCUT2D eigenvalue weighted by Gasteiger charge is 2.52. The Labute approximate surface area is 217 Å². The zero-order valence-electron chi connectivity index (χ0n) is 22.0. The fraction of sp³-hybridized carbons (Fsp3) is 0.741. The maximum atomic E-state index is 13.4. The normalized spacial score (nSPS) is 36.4. The molecule has 0 spiro atoms. The molecule has 36 heavy (non-hydrogen) atoms. The number of rotatable bonds is 4. The van der Waals surface area contributed by atoms with E-state index in [-0.39, 0.29) is 36.4 Å². The van der Waals surface area contributed by atoms with Crippen LogP contribution in [-0.2, 0) is 25.7 Å². The van der Waals surface area contributed by atoms with E-state index >= 15 is 0 Å². The number of cyclic esters (lactones) is 1. The summed E-state index contributed by atoms with van der Waals surface area (Å²) in [5, 5.41) is 33.6. The number of ketones is 1. The van der Waals surface area contributed by atoms with E-state index in [9.17, 15) is 24.9 Å². The highest BCUT2D eigenvalue weighted by atomic mass is 32.1. The average Bonchev–Trinajstić information content (AvgIpc) is 3.23. The topological polar surface area (TPSA) is 129 Å². The molecule has 7 atom stereocenters. The number of epoxide rings is 1. The zero-order valence-corrected chi connectivity index (χ0v) is 22.8. The smallest absolute Gasteiger partial charge is 0.309 e. The Morgan fingerprint density at radius 1 is 1.25 bits per heavy atom. The maximum Gasteiger partial charge on any atom is 0.309 e. The summed E-state index contributed by atoms with van der Waals surface area (Å²) in [4.78, 5) is 30.6. The first-order valence-electron chi connectivity index (χ1n) is 12.9. The minimum Gasteiger partial charge on any atom is -0.458 e. The molecule has 0 aliphatic carbocycles. The van der Waals surface area contributed by atoms with Crippen LogP contribution in [-0.4, -0.2) is 62.1 Å². The lowest BCUT2D eigenvalue weighted by Crippen LogP contribution is -2.46. The highest BCUT2D eigenvalue weighted by molar-refractivity contribution is 7.09. The number of nitrogens with zero attached hydrogens (tertiary/aromatic N) is 1. The third kappa shape index (κ3) is 6.81. The zero-order chi connectivity index (χ0) is 26.7. The average molecular weight is 524 g/mol. The van der Waals surface area contributed by atoms with E-state index in [4.69, 9.17) is 9.47 Å². The second kappa shape index (κ2) is 11.8. The molecule has 202 valence electrons. The number of hydrogen-bond donors (Lipinski definition) is 3. The van der Waals surface area contributed by atoms with E-state index in [0.717, 1.165) is 19.3 Å². The van der Waals surface area contributed by atoms with E-state index in [0.29, 0.717) is 23.5 Å². The van der Waals surface area contributed by atoms with Gasteiger partial charge in [-0.3, -0.25) is 9.59 Å². The highest BCUT2D eigenvalue weighted by Crippen LogP contribution is 2.44. The van der Waals surface area contributed by atoms with Gasteiger partial charge < -0.3 is 24.8 Å². The van der Waals surface area contributed by atoms with Crippen molar-refractivity contribution in [2.75, 3.05) is 0 Å². The Balaban J connectivity index is 1.82. The summed E-state index contributed by atoms with van der Waals surface area (Å²) in [7, 11) is 0. The SMILES string of the molecule is CCC1C(=O)C(C)(C)C(O)CC(=O)OC(C=Cc2csc(CO)n2)CC2OC2(C)CCCC(C)C1O. The number of aromatic nitrogens is 1. The van der Waals surface area contributed by atoms with Crippen molar-refractivity contribution in [2.24, 2.45) is 17.3 Å². The molecule has 7 unspecified atom stereocenters. The third-order valence-electron chi connectivity index (χ3n) is 7.88. The van der Waals surface area contributed by atoms with E-state index < -0.39 is 35.6 Å². The lowest BCUT2D eigenvalue weighted by molar-refractivity contribution is -0.154. The molecule has 0 amide bonds. The van der Waals surface area contributed by atoms with Crippen LogP contribution in [0.5, 0.6) is 0 Å². The Bertz CT molecular complexity index is 944. The molecular formula is C27H41NO7S. The Morgan fingerprint density at radius 3 is 2.61 bits per heavy atom. The molecule has 0 aromatic carbocycles. The molecule has 9 heteroatoms. The second-order valence-corrected chi connectivity index (χ2v) is 12.0. The van der Waals surface area contributed by atoms with Crippen molar-refractivity contribution in [1.82, 2.24) is 4.98 Å². The molecule has 2 fully saturated rings. The summed E-state index contributed by atoms with van der Waals surface area (Å²) in [6, 6.07) is 0. The van der Waals surface area contributed by atoms with Crippen molar-refractivity contribution in [3.05, 3.63) is 22.2 Å². The van der Waals surface area contributed by atoms with Gasteiger partial charge in [0.1, 0.15) is 16.9 Å². The minimum absolute atomic E-state index is 0.0804. The molecule has 3 rings (SSSR count). The molecule has 3 N–H and O–H groups in total. The van der Waals surface area contributed by atoms with Gasteiger partial charge in [0.05, 0.1) is 48.0 Å². The molecule has 2 aliphatic rings. The van der Waals surface area contributed by atoms with Gasteiger partial charge in [-0.15, -0.1) is 11.3 Å². The predicted molar refractivity (Wildman–Crippen MR) is 137 cm³/mol. The van der Waals surface area contributed by atoms with Gasteiger partial charge in [-0.2, -0.15) is 0 Å². The number of ether oxygens (including phenoxy) is 2. The first-order valence-corrected chi connectivity index (χ1v) is 13.8. The van der Waals surface area contributed by atoms with E-state index in [1.54, 1.807) is 26.0 Å². The molecule has 0 bridgehead atoms. The molecule has 2 aliphatic heterocycles. The van der Waals surface area contributed by atoms with E-state index in [1.165, 1.54) is 11.3 Å². The van der Waals surface area contributed by atoms with Crippen LogP contribution in [0.15, 0.2) is 11.5 Å². The van der Waals surface area contributed by atoms with Crippen LogP contribution in [0.4, 0.5) is 0 Å². The second-order valence-electron chi connectivity index (χ2n) is 11.0. The van der Waals surface area contributed by atoms with Gasteiger partial charge in [0, 0.05) is 17.7 Å². The van der Waals surface area contributed by atoms with Crippen LogP contribution in [0.25, 0.3) is 6.08 Å². The molecule has 2 saturated heterocycles. The number of esters is 1. The van der Waals surface area contributed by atoms with Crippen molar-refractivity contribution < 1.29 is 34.4 Å². The molecule has 1 aromatic heterocycles. The number of carbonyl (C=O) groups excluding carboxylic acids is 2. The number of thiazole rings is 1. The summed E-state index contributed by atoms with van der Waals surface area (Å²) in [6.45, 7) is 8.98. The number of aliphatic hydroxyl groups excluding tert-OH is 3. The fourth-order valence-corrected chi connectivity index (χ4v) is 5.68. The van der Waals surface area contributed by atoms with Crippen LogP contribution in [0.1, 0.15) is 83.8 Å². The fourth-order valence-electron chi connectivity index (χ4n) is 5.06. The van der Waals surface area contributed by atoms with Crippen molar-refractivity contribution in [2.45, 2.75) is 110 Å². The van der Waals surface area contributed by atoms with Crippen molar-refractivity contribution in [3.63, 3.8) is 0 Å². The van der Waals surface area contributed by atoms with Gasteiger partial charge in [-0.1, -0.05) is 34.1 Å². The van der Waals surface area contributed by atoms with Crippen LogP contribution in [0.2, 0.25) is 0 Å². The number of hydrogen-bond acceptors (Lipinski definition) is 9. The van der Waals surface area contributed by atoms with Gasteiger partial charge in [-0.05, 0) is 44.3 Å². The van der Waals surface area contributed by atoms with E-state index in [2.05, 4.69) is 4.98 Å². The lowest BCUT2D eigenvalue weighted by atomic mass is 9.71. The van der Waals surface area contributed by atoms with Crippen molar-refractivity contribution >= 4 is 29.2 Å². The predicted octanol–water partition coefficient (Wildman–Crippen LogP) is 3.66. The first-order chi connectivity index (χ1) is 16.9.